The standard InChI is InChI=1S/C12H15FN4O/c13-9-3-5-10(6-4-9)18-8-12-15-11(16-17-12)2-1-7-14/h3-6H,1-2,7-8,14H2,(H,15,16,17). The molecule has 1 aromatic heterocycles. The lowest BCUT2D eigenvalue weighted by Crippen LogP contribution is -2.01. The largest absolute Gasteiger partial charge is 0.486 e. The Kier molecular flexibility index (Phi) is 4.25. The Balaban J connectivity index is 1.86. The molecule has 0 spiro atoms. The summed E-state index contributed by atoms with van der Waals surface area (Å²) in [5.41, 5.74) is 5.41. The number of nitrogens with two attached hydrogens (primary N) is 1. The molecule has 0 amide bonds. The van der Waals surface area contributed by atoms with E-state index in [4.69, 9.17) is 10.5 Å². The molecule has 0 aliphatic rings. The fourth-order valence-corrected chi connectivity index (χ4v) is 1.45. The second-order valence-electron chi connectivity index (χ2n) is 3.83. The van der Waals surface area contributed by atoms with Crippen LogP contribution in [0.25, 0.3) is 0 Å². The van der Waals surface area contributed by atoms with Gasteiger partial charge in [0.15, 0.2) is 11.6 Å². The van der Waals surface area contributed by atoms with Gasteiger partial charge in [-0.1, -0.05) is 0 Å². The predicted octanol–water partition coefficient (Wildman–Crippen LogP) is 1.41. The van der Waals surface area contributed by atoms with Crippen LogP contribution in [0.1, 0.15) is 18.1 Å². The average molecular weight is 250 g/mol. The maximum absolute atomic E-state index is 12.7. The van der Waals surface area contributed by atoms with Crippen LogP contribution in [0.5, 0.6) is 5.75 Å². The summed E-state index contributed by atoms with van der Waals surface area (Å²) in [5, 5.41) is 6.84. The molecule has 0 radical (unpaired) electrons. The van der Waals surface area contributed by atoms with Gasteiger partial charge in [0, 0.05) is 6.42 Å². The third kappa shape index (κ3) is 3.53. The monoisotopic (exact) mass is 250 g/mol. The Morgan fingerprint density at radius 3 is 2.78 bits per heavy atom. The first kappa shape index (κ1) is 12.5. The molecule has 0 aliphatic heterocycles. The normalized spacial score (nSPS) is 10.6. The van der Waals surface area contributed by atoms with Crippen molar-refractivity contribution in [1.29, 1.82) is 0 Å². The molecule has 0 saturated carbocycles. The van der Waals surface area contributed by atoms with Crippen molar-refractivity contribution in [2.75, 3.05) is 6.54 Å². The van der Waals surface area contributed by atoms with Gasteiger partial charge >= 0.3 is 0 Å². The van der Waals surface area contributed by atoms with Crippen molar-refractivity contribution in [2.24, 2.45) is 5.73 Å². The highest BCUT2D eigenvalue weighted by atomic mass is 19.1. The van der Waals surface area contributed by atoms with E-state index in [1.807, 2.05) is 0 Å². The molecule has 6 heteroatoms. The number of aromatic nitrogens is 3. The van der Waals surface area contributed by atoms with E-state index in [2.05, 4.69) is 15.2 Å². The lowest BCUT2D eigenvalue weighted by atomic mass is 10.3. The van der Waals surface area contributed by atoms with Crippen molar-refractivity contribution in [3.8, 4) is 5.75 Å². The molecule has 2 rings (SSSR count). The van der Waals surface area contributed by atoms with E-state index in [-0.39, 0.29) is 12.4 Å². The van der Waals surface area contributed by atoms with Crippen LogP contribution in [0, 0.1) is 5.82 Å². The summed E-state index contributed by atoms with van der Waals surface area (Å²) in [5.74, 6) is 1.69. The quantitative estimate of drug-likeness (QED) is 0.812. The van der Waals surface area contributed by atoms with Crippen LogP contribution < -0.4 is 10.5 Å². The van der Waals surface area contributed by atoms with Crippen LogP contribution in [0.2, 0.25) is 0 Å². The molecule has 2 aromatic rings. The number of nitrogens with zero attached hydrogens (tertiary/aromatic N) is 2. The van der Waals surface area contributed by atoms with Gasteiger partial charge in [-0.3, -0.25) is 5.10 Å². The summed E-state index contributed by atoms with van der Waals surface area (Å²) < 4.78 is 18.1. The maximum Gasteiger partial charge on any atom is 0.162 e. The number of hydrogen-bond acceptors (Lipinski definition) is 4. The zero-order valence-electron chi connectivity index (χ0n) is 9.90. The molecule has 1 aromatic carbocycles. The number of halogens is 1. The van der Waals surface area contributed by atoms with E-state index in [1.165, 1.54) is 12.1 Å². The second kappa shape index (κ2) is 6.11. The number of H-pyrrole nitrogens is 1. The number of benzene rings is 1. The molecule has 0 atom stereocenters. The van der Waals surface area contributed by atoms with Gasteiger partial charge in [0.25, 0.3) is 0 Å². The van der Waals surface area contributed by atoms with Crippen LogP contribution in [0.4, 0.5) is 4.39 Å². The minimum Gasteiger partial charge on any atom is -0.486 e. The van der Waals surface area contributed by atoms with Crippen molar-refractivity contribution >= 4 is 0 Å². The Morgan fingerprint density at radius 2 is 2.06 bits per heavy atom. The Labute approximate surface area is 104 Å². The highest BCUT2D eigenvalue weighted by Gasteiger charge is 2.03. The van der Waals surface area contributed by atoms with Gasteiger partial charge in [-0.2, -0.15) is 5.10 Å². The summed E-state index contributed by atoms with van der Waals surface area (Å²) in [6, 6.07) is 5.84. The van der Waals surface area contributed by atoms with Crippen LogP contribution in [-0.4, -0.2) is 21.7 Å². The van der Waals surface area contributed by atoms with Crippen molar-refractivity contribution < 1.29 is 9.13 Å². The third-order valence-corrected chi connectivity index (χ3v) is 2.37. The van der Waals surface area contributed by atoms with Crippen molar-refractivity contribution in [2.45, 2.75) is 19.4 Å². The minimum absolute atomic E-state index is 0.279. The lowest BCUT2D eigenvalue weighted by Gasteiger charge is -2.02. The minimum atomic E-state index is -0.286. The average Bonchev–Trinajstić information content (AvgIpc) is 2.84. The van der Waals surface area contributed by atoms with Gasteiger partial charge in [0.05, 0.1) is 0 Å². The fraction of sp³-hybridized carbons (Fsp3) is 0.333. The van der Waals surface area contributed by atoms with E-state index in [1.54, 1.807) is 12.1 Å². The SMILES string of the molecule is NCCCc1n[nH]c(COc2ccc(F)cc2)n1. The number of aryl methyl sites for hydroxylation is 1. The van der Waals surface area contributed by atoms with Crippen LogP contribution >= 0.6 is 0 Å². The van der Waals surface area contributed by atoms with Crippen molar-refractivity contribution in [1.82, 2.24) is 15.2 Å². The van der Waals surface area contributed by atoms with Gasteiger partial charge in [0.2, 0.25) is 0 Å². The first-order chi connectivity index (χ1) is 8.78. The summed E-state index contributed by atoms with van der Waals surface area (Å²) in [4.78, 5) is 4.26. The predicted molar refractivity (Wildman–Crippen MR) is 64.5 cm³/mol. The summed E-state index contributed by atoms with van der Waals surface area (Å²) in [7, 11) is 0. The zero-order valence-corrected chi connectivity index (χ0v) is 9.90. The molecule has 0 saturated heterocycles. The molecule has 0 fully saturated rings. The van der Waals surface area contributed by atoms with Crippen molar-refractivity contribution in [3.63, 3.8) is 0 Å². The first-order valence-corrected chi connectivity index (χ1v) is 5.76. The zero-order chi connectivity index (χ0) is 12.8. The summed E-state index contributed by atoms with van der Waals surface area (Å²) >= 11 is 0. The molecule has 0 bridgehead atoms. The van der Waals surface area contributed by atoms with E-state index in [0.29, 0.717) is 18.1 Å². The molecule has 3 N–H and O–H groups in total. The van der Waals surface area contributed by atoms with Gasteiger partial charge in [0.1, 0.15) is 18.2 Å². The number of hydrogen-bond donors (Lipinski definition) is 2. The number of rotatable bonds is 6. The van der Waals surface area contributed by atoms with Crippen molar-refractivity contribution in [3.05, 3.63) is 41.7 Å². The number of ether oxygens (including phenoxy) is 1. The number of nitrogens with one attached hydrogen (secondary N) is 1. The lowest BCUT2D eigenvalue weighted by molar-refractivity contribution is 0.296. The smallest absolute Gasteiger partial charge is 0.162 e. The maximum atomic E-state index is 12.7. The van der Waals surface area contributed by atoms with Gasteiger partial charge in [-0.25, -0.2) is 9.37 Å². The van der Waals surface area contributed by atoms with E-state index < -0.39 is 0 Å². The van der Waals surface area contributed by atoms with Gasteiger partial charge in [-0.15, -0.1) is 0 Å². The summed E-state index contributed by atoms with van der Waals surface area (Å²) in [6.07, 6.45) is 1.61. The highest BCUT2D eigenvalue weighted by molar-refractivity contribution is 5.22. The van der Waals surface area contributed by atoms with E-state index in [9.17, 15) is 4.39 Å². The molecular weight excluding hydrogens is 235 g/mol. The molecule has 0 unspecified atom stereocenters. The Hall–Kier alpha value is -1.95. The fourth-order valence-electron chi connectivity index (χ4n) is 1.45. The molecule has 0 aliphatic carbocycles. The van der Waals surface area contributed by atoms with Crippen LogP contribution in [-0.2, 0) is 13.0 Å². The van der Waals surface area contributed by atoms with Gasteiger partial charge < -0.3 is 10.5 Å². The second-order valence-corrected chi connectivity index (χ2v) is 3.83. The first-order valence-electron chi connectivity index (χ1n) is 5.76. The molecule has 5 nitrogen and oxygen atoms in total. The number of aromatic amines is 1. The third-order valence-electron chi connectivity index (χ3n) is 2.37. The van der Waals surface area contributed by atoms with Crippen LogP contribution in [0.3, 0.4) is 0 Å². The topological polar surface area (TPSA) is 76.8 Å². The van der Waals surface area contributed by atoms with E-state index >= 15 is 0 Å². The summed E-state index contributed by atoms with van der Waals surface area (Å²) in [6.45, 7) is 0.900. The Bertz CT molecular complexity index is 483. The molecule has 96 valence electrons. The molecule has 1 heterocycles. The Morgan fingerprint density at radius 1 is 1.28 bits per heavy atom. The highest BCUT2D eigenvalue weighted by Crippen LogP contribution is 2.12. The van der Waals surface area contributed by atoms with E-state index in [0.717, 1.165) is 18.7 Å². The molecule has 18 heavy (non-hydrogen) atoms. The molecular formula is C12H15FN4O. The van der Waals surface area contributed by atoms with Gasteiger partial charge in [-0.05, 0) is 37.2 Å². The van der Waals surface area contributed by atoms with Crippen LogP contribution in [0.15, 0.2) is 24.3 Å².